The fourth-order valence-corrected chi connectivity index (χ4v) is 1.65. The van der Waals surface area contributed by atoms with E-state index in [2.05, 4.69) is 10.6 Å². The van der Waals surface area contributed by atoms with Crippen LogP contribution in [0.1, 0.15) is 45.0 Å². The number of anilines is 1. The highest BCUT2D eigenvalue weighted by Crippen LogP contribution is 2.24. The number of rotatable bonds is 4. The van der Waals surface area contributed by atoms with E-state index >= 15 is 0 Å². The molecule has 126 valence electrons. The van der Waals surface area contributed by atoms with E-state index in [0.29, 0.717) is 5.56 Å². The third-order valence-electron chi connectivity index (χ3n) is 2.79. The van der Waals surface area contributed by atoms with Gasteiger partial charge in [0.25, 0.3) is 0 Å². The van der Waals surface area contributed by atoms with Crippen LogP contribution in [-0.4, -0.2) is 34.5 Å². The van der Waals surface area contributed by atoms with Crippen molar-refractivity contribution in [3.05, 3.63) is 23.8 Å². The summed E-state index contributed by atoms with van der Waals surface area (Å²) in [7, 11) is 0. The molecule has 7 heteroatoms. The topological polar surface area (TPSA) is 105 Å². The van der Waals surface area contributed by atoms with E-state index in [1.807, 2.05) is 0 Å². The van der Waals surface area contributed by atoms with Gasteiger partial charge in [0.05, 0.1) is 5.69 Å². The smallest absolute Gasteiger partial charge is 0.408 e. The minimum atomic E-state index is -0.884. The minimum Gasteiger partial charge on any atom is -0.506 e. The van der Waals surface area contributed by atoms with Gasteiger partial charge in [-0.25, -0.2) is 4.79 Å². The lowest BCUT2D eigenvalue weighted by atomic mass is 10.1. The molecule has 0 aliphatic heterocycles. The molecule has 0 aromatic heterocycles. The van der Waals surface area contributed by atoms with Gasteiger partial charge in [-0.15, -0.1) is 0 Å². The Morgan fingerprint density at radius 1 is 1.22 bits per heavy atom. The number of hydrogen-bond donors (Lipinski definition) is 3. The lowest BCUT2D eigenvalue weighted by molar-refractivity contribution is -0.117. The van der Waals surface area contributed by atoms with E-state index in [1.165, 1.54) is 32.0 Å². The van der Waals surface area contributed by atoms with Crippen LogP contribution < -0.4 is 10.6 Å². The van der Waals surface area contributed by atoms with Gasteiger partial charge in [-0.1, -0.05) is 0 Å². The predicted octanol–water partition coefficient (Wildman–Crippen LogP) is 2.45. The summed E-state index contributed by atoms with van der Waals surface area (Å²) >= 11 is 0. The number of alkyl carbamates (subject to hydrolysis) is 1. The van der Waals surface area contributed by atoms with Crippen LogP contribution in [0.3, 0.4) is 0 Å². The molecule has 0 spiro atoms. The molecule has 0 saturated heterocycles. The maximum Gasteiger partial charge on any atom is 0.408 e. The average Bonchev–Trinajstić information content (AvgIpc) is 2.38. The number of phenolic OH excluding ortho intramolecular Hbond substituents is 1. The first kappa shape index (κ1) is 18.5. The van der Waals surface area contributed by atoms with Crippen LogP contribution >= 0.6 is 0 Å². The van der Waals surface area contributed by atoms with E-state index in [4.69, 9.17) is 4.74 Å². The molecule has 0 heterocycles. The first-order valence-corrected chi connectivity index (χ1v) is 7.14. The van der Waals surface area contributed by atoms with Crippen LogP contribution in [0.15, 0.2) is 18.2 Å². The van der Waals surface area contributed by atoms with Gasteiger partial charge in [0.1, 0.15) is 17.4 Å². The zero-order chi connectivity index (χ0) is 17.8. The van der Waals surface area contributed by atoms with Crippen molar-refractivity contribution in [2.75, 3.05) is 5.32 Å². The summed E-state index contributed by atoms with van der Waals surface area (Å²) in [5.74, 6) is -0.917. The maximum absolute atomic E-state index is 12.1. The molecule has 0 fully saturated rings. The van der Waals surface area contributed by atoms with Crippen molar-refractivity contribution < 1.29 is 24.2 Å². The number of hydrogen-bond acceptors (Lipinski definition) is 5. The molecule has 0 bridgehead atoms. The third kappa shape index (κ3) is 5.98. The largest absolute Gasteiger partial charge is 0.506 e. The Bertz CT molecular complexity index is 619. The van der Waals surface area contributed by atoms with Crippen molar-refractivity contribution in [3.63, 3.8) is 0 Å². The second-order valence-electron chi connectivity index (χ2n) is 6.15. The van der Waals surface area contributed by atoms with Crippen molar-refractivity contribution >= 4 is 23.5 Å². The highest BCUT2D eigenvalue weighted by molar-refractivity contribution is 6.00. The number of ether oxygens (including phenoxy) is 1. The Morgan fingerprint density at radius 2 is 1.83 bits per heavy atom. The van der Waals surface area contributed by atoms with E-state index in [0.717, 1.165) is 0 Å². The van der Waals surface area contributed by atoms with Crippen molar-refractivity contribution in [2.24, 2.45) is 0 Å². The quantitative estimate of drug-likeness (QED) is 0.583. The highest BCUT2D eigenvalue weighted by Gasteiger charge is 2.21. The van der Waals surface area contributed by atoms with Gasteiger partial charge in [-0.05, 0) is 52.8 Å². The molecule has 7 nitrogen and oxygen atoms in total. The second-order valence-corrected chi connectivity index (χ2v) is 6.15. The van der Waals surface area contributed by atoms with Gasteiger partial charge >= 0.3 is 6.09 Å². The van der Waals surface area contributed by atoms with E-state index < -0.39 is 23.6 Å². The first-order chi connectivity index (χ1) is 10.5. The second kappa shape index (κ2) is 7.13. The molecule has 0 radical (unpaired) electrons. The average molecular weight is 322 g/mol. The Kier molecular flexibility index (Phi) is 5.73. The Labute approximate surface area is 135 Å². The molecule has 1 aromatic carbocycles. The summed E-state index contributed by atoms with van der Waals surface area (Å²) < 4.78 is 5.06. The van der Waals surface area contributed by atoms with E-state index in [9.17, 15) is 19.5 Å². The molecule has 1 aromatic rings. The van der Waals surface area contributed by atoms with Crippen LogP contribution in [-0.2, 0) is 9.53 Å². The van der Waals surface area contributed by atoms with Crippen molar-refractivity contribution in [1.82, 2.24) is 5.32 Å². The molecule has 0 aliphatic carbocycles. The number of phenols is 1. The summed E-state index contributed by atoms with van der Waals surface area (Å²) in [6.07, 6.45) is -0.721. The number of amides is 2. The highest BCUT2D eigenvalue weighted by atomic mass is 16.6. The zero-order valence-corrected chi connectivity index (χ0v) is 13.9. The number of carbonyl (C=O) groups is 3. The summed E-state index contributed by atoms with van der Waals surface area (Å²) in [6.45, 7) is 7.99. The predicted molar refractivity (Wildman–Crippen MR) is 85.6 cm³/mol. The standard InChI is InChI=1S/C16H22N2O5/c1-9(17-15(22)23-16(3,4)5)14(21)18-12-8-11(10(2)19)6-7-13(12)20/h6-9,20H,1-5H3,(H,17,22)(H,18,21). The van der Waals surface area contributed by atoms with Crippen LogP contribution in [0.25, 0.3) is 0 Å². The monoisotopic (exact) mass is 322 g/mol. The van der Waals surface area contributed by atoms with Gasteiger partial charge in [-0.3, -0.25) is 9.59 Å². The molecular formula is C16H22N2O5. The maximum atomic E-state index is 12.1. The van der Waals surface area contributed by atoms with Crippen molar-refractivity contribution in [3.8, 4) is 5.75 Å². The molecule has 0 aliphatic rings. The molecular weight excluding hydrogens is 300 g/mol. The number of benzene rings is 1. The molecule has 1 unspecified atom stereocenters. The fraction of sp³-hybridized carbons (Fsp3) is 0.438. The summed E-state index contributed by atoms with van der Waals surface area (Å²) in [4.78, 5) is 35.0. The van der Waals surface area contributed by atoms with E-state index in [1.54, 1.807) is 20.8 Å². The molecule has 23 heavy (non-hydrogen) atoms. The molecule has 2 amide bonds. The van der Waals surface area contributed by atoms with Gasteiger partial charge < -0.3 is 20.5 Å². The van der Waals surface area contributed by atoms with E-state index in [-0.39, 0.29) is 17.2 Å². The lowest BCUT2D eigenvalue weighted by Gasteiger charge is -2.21. The number of carbonyl (C=O) groups excluding carboxylic acids is 3. The van der Waals surface area contributed by atoms with Crippen molar-refractivity contribution in [1.29, 1.82) is 0 Å². The number of aromatic hydroxyl groups is 1. The van der Waals surface area contributed by atoms with Crippen LogP contribution in [0.4, 0.5) is 10.5 Å². The normalized spacial score (nSPS) is 12.2. The number of nitrogens with one attached hydrogen (secondary N) is 2. The Morgan fingerprint density at radius 3 is 2.35 bits per heavy atom. The lowest BCUT2D eigenvalue weighted by Crippen LogP contribution is -2.44. The van der Waals surface area contributed by atoms with Gasteiger partial charge in [0.2, 0.25) is 5.91 Å². The third-order valence-corrected chi connectivity index (χ3v) is 2.79. The first-order valence-electron chi connectivity index (χ1n) is 7.14. The summed E-state index contributed by atoms with van der Waals surface area (Å²) in [5, 5.41) is 14.6. The van der Waals surface area contributed by atoms with Crippen LogP contribution in [0.2, 0.25) is 0 Å². The number of ketones is 1. The SMILES string of the molecule is CC(=O)c1ccc(O)c(NC(=O)C(C)NC(=O)OC(C)(C)C)c1. The molecule has 1 atom stereocenters. The number of Topliss-reactive ketones (excluding diaryl/α,β-unsaturated/α-hetero) is 1. The van der Waals surface area contributed by atoms with Crippen LogP contribution in [0, 0.1) is 0 Å². The molecule has 3 N–H and O–H groups in total. The van der Waals surface area contributed by atoms with Crippen molar-refractivity contribution in [2.45, 2.75) is 46.3 Å². The van der Waals surface area contributed by atoms with Crippen LogP contribution in [0.5, 0.6) is 5.75 Å². The minimum absolute atomic E-state index is 0.0977. The Hall–Kier alpha value is -2.57. The zero-order valence-electron chi connectivity index (χ0n) is 13.9. The van der Waals surface area contributed by atoms with Gasteiger partial charge in [-0.2, -0.15) is 0 Å². The summed E-state index contributed by atoms with van der Waals surface area (Å²) in [5.41, 5.74) is -0.222. The summed E-state index contributed by atoms with van der Waals surface area (Å²) in [6, 6.07) is 3.26. The Balaban J connectivity index is 2.74. The van der Waals surface area contributed by atoms with Gasteiger partial charge in [0.15, 0.2) is 5.78 Å². The molecule has 0 saturated carbocycles. The van der Waals surface area contributed by atoms with Gasteiger partial charge in [0, 0.05) is 5.56 Å². The fourth-order valence-electron chi connectivity index (χ4n) is 1.65. The molecule has 1 rings (SSSR count).